The van der Waals surface area contributed by atoms with Gasteiger partial charge in [0.15, 0.2) is 6.21 Å². The molecule has 0 aromatic heterocycles. The van der Waals surface area contributed by atoms with Crippen molar-refractivity contribution in [2.24, 2.45) is 0 Å². The molecule has 0 atom stereocenters. The standard InChI is InChI=1S/C16H25N2O2.ClHO4/c1-17(2)11-13(12-18(3)4)9-14-10-15(19-5)7-8-16(14)20-6;2-1(3,4)5/h7-8,10-12H,9H2,1-6H3;(H,2,3,4,5)/q+1;/p-1. The summed E-state index contributed by atoms with van der Waals surface area (Å²) in [5, 5.41) is 0. The van der Waals surface area contributed by atoms with Crippen LogP contribution in [0.25, 0.3) is 0 Å². The molecular weight excluding hydrogens is 352 g/mol. The molecule has 1 aromatic carbocycles. The van der Waals surface area contributed by atoms with Crippen LogP contribution < -0.4 is 28.1 Å². The molecule has 0 aliphatic heterocycles. The molecule has 142 valence electrons. The van der Waals surface area contributed by atoms with Gasteiger partial charge >= 0.3 is 0 Å². The van der Waals surface area contributed by atoms with E-state index in [0.717, 1.165) is 23.5 Å². The minimum Gasteiger partial charge on any atom is -0.497 e. The van der Waals surface area contributed by atoms with Crippen molar-refractivity contribution in [3.8, 4) is 11.5 Å². The van der Waals surface area contributed by atoms with E-state index in [9.17, 15) is 0 Å². The van der Waals surface area contributed by atoms with Gasteiger partial charge in [-0.1, -0.05) is 0 Å². The number of nitrogens with zero attached hydrogens (tertiary/aromatic N) is 2. The van der Waals surface area contributed by atoms with Crippen LogP contribution in [-0.4, -0.2) is 58.1 Å². The molecule has 8 nitrogen and oxygen atoms in total. The van der Waals surface area contributed by atoms with Gasteiger partial charge in [0, 0.05) is 37.9 Å². The lowest BCUT2D eigenvalue weighted by atomic mass is 10.0. The summed E-state index contributed by atoms with van der Waals surface area (Å²) in [6, 6.07) is 5.87. The molecule has 0 saturated heterocycles. The molecule has 0 radical (unpaired) electrons. The van der Waals surface area contributed by atoms with E-state index in [1.165, 1.54) is 5.57 Å². The van der Waals surface area contributed by atoms with Gasteiger partial charge in [-0.15, -0.1) is 10.2 Å². The monoisotopic (exact) mass is 376 g/mol. The van der Waals surface area contributed by atoms with Gasteiger partial charge < -0.3 is 14.4 Å². The minimum absolute atomic E-state index is 0.788. The lowest BCUT2D eigenvalue weighted by Crippen LogP contribution is -2.68. The summed E-state index contributed by atoms with van der Waals surface area (Å²) in [4.78, 5) is 2.04. The smallest absolute Gasteiger partial charge is 0.167 e. The zero-order valence-corrected chi connectivity index (χ0v) is 16.1. The van der Waals surface area contributed by atoms with Crippen LogP contribution in [0.3, 0.4) is 0 Å². The van der Waals surface area contributed by atoms with Crippen molar-refractivity contribution in [3.05, 3.63) is 35.5 Å². The van der Waals surface area contributed by atoms with Gasteiger partial charge in [0.05, 0.1) is 14.2 Å². The van der Waals surface area contributed by atoms with Gasteiger partial charge in [0.1, 0.15) is 25.6 Å². The topological polar surface area (TPSA) is 117 Å². The van der Waals surface area contributed by atoms with Crippen LogP contribution in [0.5, 0.6) is 11.5 Å². The van der Waals surface area contributed by atoms with Crippen molar-refractivity contribution in [2.45, 2.75) is 6.42 Å². The van der Waals surface area contributed by atoms with Crippen LogP contribution >= 0.6 is 0 Å². The number of methoxy groups -OCH3 is 2. The Bertz CT molecular complexity index is 587. The third kappa shape index (κ3) is 12.2. The lowest BCUT2D eigenvalue weighted by Gasteiger charge is -2.17. The highest BCUT2D eigenvalue weighted by molar-refractivity contribution is 5.75. The van der Waals surface area contributed by atoms with E-state index in [-0.39, 0.29) is 0 Å². The average Bonchev–Trinajstić information content (AvgIpc) is 2.43. The summed E-state index contributed by atoms with van der Waals surface area (Å²) in [6.07, 6.45) is 5.01. The lowest BCUT2D eigenvalue weighted by molar-refractivity contribution is -2.00. The highest BCUT2D eigenvalue weighted by Gasteiger charge is 2.09. The molecule has 0 aliphatic rings. The summed E-state index contributed by atoms with van der Waals surface area (Å²) in [5.41, 5.74) is 2.31. The fraction of sp³-hybridized carbons (Fsp3) is 0.438. The van der Waals surface area contributed by atoms with Crippen LogP contribution in [-0.2, 0) is 6.42 Å². The summed E-state index contributed by atoms with van der Waals surface area (Å²) in [6.45, 7) is 0. The second-order valence-corrected chi connectivity index (χ2v) is 6.25. The molecule has 1 rings (SSSR count). The average molecular weight is 377 g/mol. The second-order valence-electron chi connectivity index (χ2n) is 5.49. The predicted molar refractivity (Wildman–Crippen MR) is 83.2 cm³/mol. The number of hydrogen-bond acceptors (Lipinski definition) is 7. The fourth-order valence-corrected chi connectivity index (χ4v) is 2.03. The second kappa shape index (κ2) is 10.9. The number of allylic oxidation sites excluding steroid dienone is 1. The minimum atomic E-state index is -4.94. The molecule has 0 saturated carbocycles. The van der Waals surface area contributed by atoms with Gasteiger partial charge in [-0.05, 0) is 18.2 Å². The first kappa shape index (κ1) is 23.2. The molecule has 0 bridgehead atoms. The van der Waals surface area contributed by atoms with Crippen LogP contribution in [0.2, 0.25) is 0 Å². The van der Waals surface area contributed by atoms with E-state index >= 15 is 0 Å². The third-order valence-electron chi connectivity index (χ3n) is 2.73. The molecule has 0 amide bonds. The Hall–Kier alpha value is -1.84. The maximum Gasteiger partial charge on any atom is 0.167 e. The molecule has 0 heterocycles. The first-order valence-electron chi connectivity index (χ1n) is 7.17. The molecule has 0 N–H and O–H groups in total. The van der Waals surface area contributed by atoms with Crippen LogP contribution in [0.1, 0.15) is 5.56 Å². The zero-order valence-electron chi connectivity index (χ0n) is 15.3. The maximum absolute atomic E-state index is 8.49. The number of ether oxygens (including phenoxy) is 2. The Kier molecular flexibility index (Phi) is 10.1. The van der Waals surface area contributed by atoms with Crippen LogP contribution in [0.4, 0.5) is 0 Å². The Morgan fingerprint density at radius 2 is 1.68 bits per heavy atom. The van der Waals surface area contributed by atoms with E-state index in [4.69, 9.17) is 28.1 Å². The highest BCUT2D eigenvalue weighted by Crippen LogP contribution is 2.26. The van der Waals surface area contributed by atoms with Crippen molar-refractivity contribution in [1.29, 1.82) is 0 Å². The molecule has 0 spiro atoms. The van der Waals surface area contributed by atoms with Crippen molar-refractivity contribution in [2.75, 3.05) is 42.4 Å². The van der Waals surface area contributed by atoms with Crippen LogP contribution in [0, 0.1) is 10.2 Å². The van der Waals surface area contributed by atoms with Crippen LogP contribution in [0.15, 0.2) is 30.0 Å². The molecule has 0 aliphatic carbocycles. The SMILES string of the molecule is COc1ccc(OC)c(C/C(C=[N+](C)C)=C\N(C)C)c1.[O-][Cl+3]([O-])([O-])[O-]. The summed E-state index contributed by atoms with van der Waals surface area (Å²) >= 11 is 0. The largest absolute Gasteiger partial charge is 0.497 e. The Morgan fingerprint density at radius 1 is 1.12 bits per heavy atom. The summed E-state index contributed by atoms with van der Waals surface area (Å²) < 4.78 is 46.7. The Labute approximate surface area is 150 Å². The molecule has 25 heavy (non-hydrogen) atoms. The van der Waals surface area contributed by atoms with E-state index in [1.54, 1.807) is 14.2 Å². The first-order chi connectivity index (χ1) is 11.5. The van der Waals surface area contributed by atoms with Gasteiger partial charge in [-0.3, -0.25) is 0 Å². The van der Waals surface area contributed by atoms with E-state index in [1.807, 2.05) is 55.9 Å². The third-order valence-corrected chi connectivity index (χ3v) is 2.73. The van der Waals surface area contributed by atoms with Gasteiger partial charge in [0.2, 0.25) is 0 Å². The number of halogens is 1. The first-order valence-corrected chi connectivity index (χ1v) is 8.40. The number of rotatable bonds is 6. The summed E-state index contributed by atoms with van der Waals surface area (Å²) in [5.74, 6) is 1.72. The van der Waals surface area contributed by atoms with Crippen molar-refractivity contribution >= 4 is 6.21 Å². The molecule has 9 heteroatoms. The quantitative estimate of drug-likeness (QED) is 0.391. The van der Waals surface area contributed by atoms with Crippen molar-refractivity contribution in [1.82, 2.24) is 4.90 Å². The molecule has 0 unspecified atom stereocenters. The fourth-order valence-electron chi connectivity index (χ4n) is 2.03. The maximum atomic E-state index is 8.49. The van der Waals surface area contributed by atoms with E-state index in [0.29, 0.717) is 0 Å². The number of benzene rings is 1. The number of hydrogen-bond donors (Lipinski definition) is 0. The zero-order chi connectivity index (χ0) is 19.6. The Morgan fingerprint density at radius 3 is 2.08 bits per heavy atom. The van der Waals surface area contributed by atoms with Crippen molar-refractivity contribution in [3.63, 3.8) is 0 Å². The normalized spacial score (nSPS) is 11.2. The predicted octanol–water partition coefficient (Wildman–Crippen LogP) is -2.72. The highest BCUT2D eigenvalue weighted by atomic mass is 35.7. The summed E-state index contributed by atoms with van der Waals surface area (Å²) in [7, 11) is 6.50. The van der Waals surface area contributed by atoms with E-state index < -0.39 is 10.2 Å². The van der Waals surface area contributed by atoms with Crippen molar-refractivity contribution < 1.29 is 42.9 Å². The van der Waals surface area contributed by atoms with Gasteiger partial charge in [0.25, 0.3) is 0 Å². The van der Waals surface area contributed by atoms with Gasteiger partial charge in [-0.2, -0.15) is 0 Å². The molecule has 1 aromatic rings. The van der Waals surface area contributed by atoms with E-state index in [2.05, 4.69) is 12.4 Å². The molecular formula is C16H25ClN2O6. The Balaban J connectivity index is 0.00000101. The molecule has 0 fully saturated rings. The van der Waals surface area contributed by atoms with Gasteiger partial charge in [-0.25, -0.2) is 23.2 Å².